The fourth-order valence-corrected chi connectivity index (χ4v) is 3.42. The van der Waals surface area contributed by atoms with Crippen LogP contribution >= 0.6 is 11.6 Å². The van der Waals surface area contributed by atoms with Crippen molar-refractivity contribution in [1.29, 1.82) is 0 Å². The molecule has 28 heavy (non-hydrogen) atoms. The second kappa shape index (κ2) is 8.40. The van der Waals surface area contributed by atoms with Gasteiger partial charge >= 0.3 is 0 Å². The highest BCUT2D eigenvalue weighted by atomic mass is 35.5. The van der Waals surface area contributed by atoms with Crippen molar-refractivity contribution >= 4 is 23.2 Å². The lowest BCUT2D eigenvalue weighted by Crippen LogP contribution is -2.48. The van der Waals surface area contributed by atoms with Gasteiger partial charge in [0.05, 0.1) is 0 Å². The summed E-state index contributed by atoms with van der Waals surface area (Å²) in [7, 11) is 0. The van der Waals surface area contributed by atoms with Crippen molar-refractivity contribution in [2.24, 2.45) is 0 Å². The van der Waals surface area contributed by atoms with E-state index in [-0.39, 0.29) is 5.91 Å². The molecule has 0 spiro atoms. The lowest BCUT2D eigenvalue weighted by atomic mass is 10.2. The van der Waals surface area contributed by atoms with Crippen molar-refractivity contribution in [3.05, 3.63) is 83.3 Å². The van der Waals surface area contributed by atoms with Crippen molar-refractivity contribution in [3.8, 4) is 5.75 Å². The number of furan rings is 1. The highest BCUT2D eigenvalue weighted by Crippen LogP contribution is 2.22. The van der Waals surface area contributed by atoms with Crippen LogP contribution in [-0.4, -0.2) is 37.0 Å². The maximum Gasteiger partial charge on any atom is 0.289 e. The normalized spacial score (nSPS) is 14.2. The number of amides is 1. The van der Waals surface area contributed by atoms with Gasteiger partial charge in [0.15, 0.2) is 5.76 Å². The third-order valence-electron chi connectivity index (χ3n) is 4.74. The van der Waals surface area contributed by atoms with Crippen LogP contribution in [0.15, 0.2) is 71.1 Å². The molecule has 0 radical (unpaired) electrons. The summed E-state index contributed by atoms with van der Waals surface area (Å²) in [5, 5.41) is 0.719. The number of benzene rings is 2. The van der Waals surface area contributed by atoms with Crippen LogP contribution in [0.3, 0.4) is 0 Å². The maximum atomic E-state index is 12.7. The van der Waals surface area contributed by atoms with Crippen molar-refractivity contribution < 1.29 is 13.9 Å². The summed E-state index contributed by atoms with van der Waals surface area (Å²) in [5.41, 5.74) is 1.08. The van der Waals surface area contributed by atoms with Crippen LogP contribution in [0.4, 0.5) is 5.69 Å². The number of carbonyl (C=O) groups is 1. The molecule has 0 aliphatic carbocycles. The number of nitrogens with zero attached hydrogens (tertiary/aromatic N) is 2. The minimum atomic E-state index is -0.0864. The zero-order valence-electron chi connectivity index (χ0n) is 15.4. The molecule has 2 heterocycles. The Labute approximate surface area is 169 Å². The fraction of sp³-hybridized carbons (Fsp3) is 0.227. The molecule has 0 unspecified atom stereocenters. The predicted molar refractivity (Wildman–Crippen MR) is 109 cm³/mol. The number of piperazine rings is 1. The highest BCUT2D eigenvalue weighted by molar-refractivity contribution is 6.30. The molecule has 1 aliphatic heterocycles. The van der Waals surface area contributed by atoms with E-state index in [1.165, 1.54) is 0 Å². The summed E-state index contributed by atoms with van der Waals surface area (Å²) >= 11 is 6.08. The Kier molecular flexibility index (Phi) is 5.53. The Morgan fingerprint density at radius 2 is 1.75 bits per heavy atom. The second-order valence-electron chi connectivity index (χ2n) is 6.63. The number of rotatable bonds is 5. The van der Waals surface area contributed by atoms with Crippen LogP contribution < -0.4 is 9.64 Å². The summed E-state index contributed by atoms with van der Waals surface area (Å²) in [6.07, 6.45) is 0. The molecular weight excluding hydrogens is 376 g/mol. The monoisotopic (exact) mass is 396 g/mol. The van der Waals surface area contributed by atoms with Gasteiger partial charge in [0.25, 0.3) is 5.91 Å². The first-order valence-electron chi connectivity index (χ1n) is 9.25. The lowest BCUT2D eigenvalue weighted by molar-refractivity contribution is 0.0710. The van der Waals surface area contributed by atoms with Gasteiger partial charge in [-0.25, -0.2) is 0 Å². The van der Waals surface area contributed by atoms with Gasteiger partial charge < -0.3 is 19.0 Å². The average Bonchev–Trinajstić information content (AvgIpc) is 3.22. The second-order valence-corrected chi connectivity index (χ2v) is 7.06. The molecule has 0 saturated carbocycles. The third kappa shape index (κ3) is 4.31. The summed E-state index contributed by atoms with van der Waals surface area (Å²) in [4.78, 5) is 16.8. The van der Waals surface area contributed by atoms with Gasteiger partial charge in [0, 0.05) is 36.9 Å². The van der Waals surface area contributed by atoms with E-state index in [2.05, 4.69) is 4.90 Å². The van der Waals surface area contributed by atoms with Gasteiger partial charge in [-0.3, -0.25) is 4.79 Å². The molecule has 4 rings (SSSR count). The van der Waals surface area contributed by atoms with Crippen molar-refractivity contribution in [2.45, 2.75) is 6.61 Å². The first-order valence-corrected chi connectivity index (χ1v) is 9.63. The van der Waals surface area contributed by atoms with Crippen molar-refractivity contribution in [1.82, 2.24) is 4.90 Å². The quantitative estimate of drug-likeness (QED) is 0.638. The summed E-state index contributed by atoms with van der Waals surface area (Å²) < 4.78 is 11.4. The topological polar surface area (TPSA) is 45.9 Å². The number of hydrogen-bond donors (Lipinski definition) is 0. The van der Waals surface area contributed by atoms with Crippen LogP contribution in [0.5, 0.6) is 5.75 Å². The number of ether oxygens (including phenoxy) is 1. The number of carbonyl (C=O) groups excluding carboxylic acids is 1. The Bertz CT molecular complexity index is 934. The molecule has 1 amide bonds. The number of halogens is 1. The smallest absolute Gasteiger partial charge is 0.289 e. The van der Waals surface area contributed by atoms with Gasteiger partial charge in [0.1, 0.15) is 18.1 Å². The van der Waals surface area contributed by atoms with E-state index < -0.39 is 0 Å². The van der Waals surface area contributed by atoms with Crippen LogP contribution in [0.2, 0.25) is 5.02 Å². The average molecular weight is 397 g/mol. The van der Waals surface area contributed by atoms with Crippen LogP contribution in [0.1, 0.15) is 16.3 Å². The molecule has 5 nitrogen and oxygen atoms in total. The van der Waals surface area contributed by atoms with E-state index in [9.17, 15) is 4.79 Å². The van der Waals surface area contributed by atoms with E-state index in [0.717, 1.165) is 29.5 Å². The molecule has 1 fully saturated rings. The summed E-state index contributed by atoms with van der Waals surface area (Å²) in [6.45, 7) is 3.09. The first-order chi connectivity index (χ1) is 13.7. The van der Waals surface area contributed by atoms with E-state index >= 15 is 0 Å². The molecule has 0 bridgehead atoms. The minimum Gasteiger partial charge on any atom is -0.486 e. The molecule has 1 aromatic heterocycles. The lowest BCUT2D eigenvalue weighted by Gasteiger charge is -2.35. The fourth-order valence-electron chi connectivity index (χ4n) is 3.24. The third-order valence-corrected chi connectivity index (χ3v) is 4.97. The standard InChI is InChI=1S/C22H21ClN2O3/c23-17-5-4-6-18(15-17)24-11-13-25(14-12-24)22(26)21-10-9-20(28-21)16-27-19-7-2-1-3-8-19/h1-10,15H,11-14,16H2. The molecular formula is C22H21ClN2O3. The van der Waals surface area contributed by atoms with Crippen molar-refractivity contribution in [2.75, 3.05) is 31.1 Å². The number of anilines is 1. The molecule has 144 valence electrons. The Balaban J connectivity index is 1.32. The summed E-state index contributed by atoms with van der Waals surface area (Å²) in [5.74, 6) is 1.66. The van der Waals surface area contributed by atoms with Gasteiger partial charge in [-0.05, 0) is 42.5 Å². The van der Waals surface area contributed by atoms with E-state index in [4.69, 9.17) is 20.8 Å². The van der Waals surface area contributed by atoms with E-state index in [1.807, 2.05) is 59.5 Å². The molecule has 2 aromatic carbocycles. The molecule has 0 N–H and O–H groups in total. The highest BCUT2D eigenvalue weighted by Gasteiger charge is 2.24. The Morgan fingerprint density at radius 1 is 0.964 bits per heavy atom. The zero-order valence-corrected chi connectivity index (χ0v) is 16.1. The van der Waals surface area contributed by atoms with Gasteiger partial charge in [-0.2, -0.15) is 0 Å². The predicted octanol–water partition coefficient (Wildman–Crippen LogP) is 4.47. The number of para-hydroxylation sites is 1. The summed E-state index contributed by atoms with van der Waals surface area (Å²) in [6, 6.07) is 20.8. The molecule has 1 aliphatic rings. The van der Waals surface area contributed by atoms with Gasteiger partial charge in [0.2, 0.25) is 0 Å². The van der Waals surface area contributed by atoms with Crippen LogP contribution in [0.25, 0.3) is 0 Å². The molecule has 0 atom stereocenters. The van der Waals surface area contributed by atoms with E-state index in [0.29, 0.717) is 31.2 Å². The van der Waals surface area contributed by atoms with Crippen molar-refractivity contribution in [3.63, 3.8) is 0 Å². The maximum absolute atomic E-state index is 12.7. The molecule has 6 heteroatoms. The largest absolute Gasteiger partial charge is 0.486 e. The minimum absolute atomic E-state index is 0.0864. The number of hydrogen-bond acceptors (Lipinski definition) is 4. The van der Waals surface area contributed by atoms with Gasteiger partial charge in [-0.1, -0.05) is 35.9 Å². The molecule has 1 saturated heterocycles. The van der Waals surface area contributed by atoms with Crippen LogP contribution in [-0.2, 0) is 6.61 Å². The SMILES string of the molecule is O=C(c1ccc(COc2ccccc2)o1)N1CCN(c2cccc(Cl)c2)CC1. The molecule has 3 aromatic rings. The zero-order chi connectivity index (χ0) is 19.3. The Morgan fingerprint density at radius 3 is 2.50 bits per heavy atom. The van der Waals surface area contributed by atoms with Gasteiger partial charge in [-0.15, -0.1) is 0 Å². The van der Waals surface area contributed by atoms with Crippen LogP contribution in [0, 0.1) is 0 Å². The first kappa shape index (κ1) is 18.4. The van der Waals surface area contributed by atoms with E-state index in [1.54, 1.807) is 12.1 Å². The Hall–Kier alpha value is -2.92.